The van der Waals surface area contributed by atoms with E-state index in [2.05, 4.69) is 20.5 Å². The number of ketones is 1. The molecule has 0 aliphatic heterocycles. The molecular weight excluding hydrogens is 507 g/mol. The molecule has 0 saturated heterocycles. The third kappa shape index (κ3) is 8.48. The van der Waals surface area contributed by atoms with E-state index in [4.69, 9.17) is 31.6 Å². The summed E-state index contributed by atoms with van der Waals surface area (Å²) in [6.07, 6.45) is 0. The maximum atomic E-state index is 11.1. The number of aromatic carboxylic acids is 2. The van der Waals surface area contributed by atoms with Crippen LogP contribution in [0.4, 0.5) is 0 Å². The lowest BCUT2D eigenvalue weighted by atomic mass is 10.1. The minimum absolute atomic E-state index is 0.0406. The predicted octanol–water partition coefficient (Wildman–Crippen LogP) is 3.99. The second-order valence-corrected chi connectivity index (χ2v) is 7.32. The second-order valence-electron chi connectivity index (χ2n) is 5.38. The number of carboxylic acid groups (broad SMARTS) is 2. The van der Waals surface area contributed by atoms with Crippen LogP contribution in [0, 0.1) is 0 Å². The summed E-state index contributed by atoms with van der Waals surface area (Å²) in [7, 11) is -4.70. The zero-order valence-electron chi connectivity index (χ0n) is 14.9. The van der Waals surface area contributed by atoms with E-state index in [1.807, 2.05) is 0 Å². The minimum atomic E-state index is -4.70. The van der Waals surface area contributed by atoms with Crippen molar-refractivity contribution in [2.75, 3.05) is 5.33 Å². The van der Waals surface area contributed by atoms with Crippen molar-refractivity contribution in [3.8, 4) is 0 Å². The Hall–Kier alpha value is -2.49. The third-order valence-electron chi connectivity index (χ3n) is 3.31. The molecule has 2 aromatic rings. The van der Waals surface area contributed by atoms with Crippen LogP contribution in [0.1, 0.15) is 36.6 Å². The van der Waals surface area contributed by atoms with Gasteiger partial charge in [0.1, 0.15) is 5.76 Å². The van der Waals surface area contributed by atoms with Crippen molar-refractivity contribution < 1.29 is 43.5 Å². The van der Waals surface area contributed by atoms with Gasteiger partial charge in [0.25, 0.3) is 0 Å². The molecule has 12 heteroatoms. The van der Waals surface area contributed by atoms with Gasteiger partial charge in [-0.3, -0.25) is 14.6 Å². The van der Waals surface area contributed by atoms with Crippen LogP contribution in [0.5, 0.6) is 0 Å². The van der Waals surface area contributed by atoms with Gasteiger partial charge < -0.3 is 14.7 Å². The summed E-state index contributed by atoms with van der Waals surface area (Å²) in [6.45, 7) is 0. The summed E-state index contributed by atoms with van der Waals surface area (Å²) < 4.78 is 14.9. The van der Waals surface area contributed by atoms with Crippen molar-refractivity contribution in [2.45, 2.75) is 0 Å². The number of carbonyl (C=O) groups excluding carboxylic acids is 1. The van der Waals surface area contributed by atoms with Crippen LogP contribution in [0.25, 0.3) is 5.76 Å². The molecule has 2 rings (SSSR count). The first-order valence-electron chi connectivity index (χ1n) is 7.80. The monoisotopic (exact) mass is 520 g/mol. The highest BCUT2D eigenvalue weighted by atomic mass is 79.9. The lowest BCUT2D eigenvalue weighted by Crippen LogP contribution is -2.01. The van der Waals surface area contributed by atoms with Gasteiger partial charge in [-0.05, 0) is 24.3 Å². The van der Waals surface area contributed by atoms with Gasteiger partial charge >= 0.3 is 19.8 Å². The third-order valence-corrected chi connectivity index (χ3v) is 4.45. The number of rotatable bonds is 7. The van der Waals surface area contributed by atoms with Crippen molar-refractivity contribution in [3.63, 3.8) is 0 Å². The second kappa shape index (κ2) is 11.6. The van der Waals surface area contributed by atoms with E-state index in [1.54, 1.807) is 0 Å². The van der Waals surface area contributed by atoms with E-state index in [0.29, 0.717) is 5.56 Å². The number of hydrogen-bond acceptors (Lipinski definition) is 5. The fourth-order valence-corrected chi connectivity index (χ4v) is 2.89. The van der Waals surface area contributed by atoms with Crippen LogP contribution < -0.4 is 0 Å². The van der Waals surface area contributed by atoms with E-state index < -0.39 is 19.8 Å². The molecule has 0 saturated carbocycles. The number of carbonyl (C=O) groups is 3. The Morgan fingerprint density at radius 1 is 0.867 bits per heavy atom. The highest BCUT2D eigenvalue weighted by molar-refractivity contribution is 9.09. The molecule has 4 N–H and O–H groups in total. The molecule has 2 aromatic carbocycles. The number of Topliss-reactive ketones (excluding diaryl/α,β-unsaturated/α-hetero) is 1. The van der Waals surface area contributed by atoms with Gasteiger partial charge in [-0.2, -0.15) is 0 Å². The van der Waals surface area contributed by atoms with Crippen molar-refractivity contribution in [1.82, 2.24) is 0 Å². The average molecular weight is 522 g/mol. The molecule has 0 unspecified atom stereocenters. The van der Waals surface area contributed by atoms with E-state index in [9.17, 15) is 18.9 Å². The summed E-state index contributed by atoms with van der Waals surface area (Å²) >= 11 is 8.40. The molecular formula is C18H15BrClO9P. The Morgan fingerprint density at radius 3 is 1.53 bits per heavy atom. The summed E-state index contributed by atoms with van der Waals surface area (Å²) in [5.41, 5.74) is 1.86. The molecule has 0 aliphatic rings. The number of hydrogen-bond donors (Lipinski definition) is 4. The maximum Gasteiger partial charge on any atom is 0.524 e. The van der Waals surface area contributed by atoms with Gasteiger partial charge in [0.05, 0.1) is 16.5 Å². The van der Waals surface area contributed by atoms with E-state index in [-0.39, 0.29) is 33.6 Å². The smallest absolute Gasteiger partial charge is 0.478 e. The predicted molar refractivity (Wildman–Crippen MR) is 112 cm³/mol. The van der Waals surface area contributed by atoms with Gasteiger partial charge in [-0.25, -0.2) is 14.2 Å². The lowest BCUT2D eigenvalue weighted by Gasteiger charge is -2.10. The molecule has 0 heterocycles. The Morgan fingerprint density at radius 2 is 1.23 bits per heavy atom. The Balaban J connectivity index is 0.000000311. The van der Waals surface area contributed by atoms with Gasteiger partial charge in [-0.15, -0.1) is 0 Å². The number of halogens is 2. The molecule has 0 amide bonds. The summed E-state index contributed by atoms with van der Waals surface area (Å²) in [6, 6.07) is 11.0. The maximum absolute atomic E-state index is 11.1. The number of benzene rings is 2. The Bertz CT molecular complexity index is 982. The number of carboxylic acids is 2. The zero-order chi connectivity index (χ0) is 22.9. The molecule has 0 aliphatic carbocycles. The van der Waals surface area contributed by atoms with E-state index in [1.165, 1.54) is 48.5 Å². The standard InChI is InChI=1S/C9H7BrO3.C9H8ClO6P/c10-5-8(11)6-1-3-7(4-2-6)9(12)13;10-5-8(16-17(13,14)15)6-1-3-7(4-2-6)9(11)12/h1-4H,5H2,(H,12,13);1-5H,(H,11,12)(H2,13,14,15)/b;8-5-. The average Bonchev–Trinajstić information content (AvgIpc) is 2.71. The van der Waals surface area contributed by atoms with Crippen molar-refractivity contribution in [1.29, 1.82) is 0 Å². The highest BCUT2D eigenvalue weighted by Crippen LogP contribution is 2.42. The molecule has 30 heavy (non-hydrogen) atoms. The molecule has 0 radical (unpaired) electrons. The van der Waals surface area contributed by atoms with Crippen LogP contribution in [0.15, 0.2) is 54.1 Å². The highest BCUT2D eigenvalue weighted by Gasteiger charge is 2.19. The number of phosphoric ester groups is 1. The molecule has 9 nitrogen and oxygen atoms in total. The fourth-order valence-electron chi connectivity index (χ4n) is 1.92. The first kappa shape index (κ1) is 25.5. The Kier molecular flexibility index (Phi) is 9.91. The largest absolute Gasteiger partial charge is 0.524 e. The van der Waals surface area contributed by atoms with Crippen molar-refractivity contribution in [2.24, 2.45) is 0 Å². The van der Waals surface area contributed by atoms with Crippen molar-refractivity contribution >= 4 is 58.8 Å². The van der Waals surface area contributed by atoms with Crippen LogP contribution in [-0.4, -0.2) is 43.1 Å². The first-order valence-corrected chi connectivity index (χ1v) is 10.9. The molecule has 0 fully saturated rings. The number of alkyl halides is 1. The quantitative estimate of drug-likeness (QED) is 0.183. The normalized spacial score (nSPS) is 11.1. The number of phosphoric acid groups is 1. The van der Waals surface area contributed by atoms with Crippen LogP contribution >= 0.6 is 35.4 Å². The van der Waals surface area contributed by atoms with Gasteiger partial charge in [0.15, 0.2) is 5.78 Å². The van der Waals surface area contributed by atoms with Crippen LogP contribution in [0.3, 0.4) is 0 Å². The fraction of sp³-hybridized carbons (Fsp3) is 0.0556. The Labute approximate surface area is 183 Å². The summed E-state index contributed by atoms with van der Waals surface area (Å²) in [5, 5.41) is 17.5. The molecule has 160 valence electrons. The van der Waals surface area contributed by atoms with Gasteiger partial charge in [0.2, 0.25) is 0 Å². The zero-order valence-corrected chi connectivity index (χ0v) is 18.2. The minimum Gasteiger partial charge on any atom is -0.478 e. The van der Waals surface area contributed by atoms with Gasteiger partial charge in [-0.1, -0.05) is 51.8 Å². The van der Waals surface area contributed by atoms with E-state index >= 15 is 0 Å². The molecule has 0 spiro atoms. The van der Waals surface area contributed by atoms with Gasteiger partial charge in [0, 0.05) is 16.7 Å². The molecule has 0 atom stereocenters. The lowest BCUT2D eigenvalue weighted by molar-refractivity contribution is 0.0686. The van der Waals surface area contributed by atoms with E-state index in [0.717, 1.165) is 5.54 Å². The topological polar surface area (TPSA) is 158 Å². The first-order chi connectivity index (χ1) is 14.0. The SMILES string of the molecule is O=C(O)c1ccc(/C(=C/Cl)OP(=O)(O)O)cc1.O=C(O)c1ccc(C(=O)CBr)cc1. The molecule has 0 bridgehead atoms. The van der Waals surface area contributed by atoms with Crippen LogP contribution in [0.2, 0.25) is 0 Å². The summed E-state index contributed by atoms with van der Waals surface area (Å²) in [4.78, 5) is 49.4. The summed E-state index contributed by atoms with van der Waals surface area (Å²) in [5.74, 6) is -2.39. The van der Waals surface area contributed by atoms with Crippen molar-refractivity contribution in [3.05, 3.63) is 76.3 Å². The molecule has 0 aromatic heterocycles. The van der Waals surface area contributed by atoms with Crippen LogP contribution in [-0.2, 0) is 9.09 Å².